The molecular weight excluding hydrogens is 336 g/mol. The lowest BCUT2D eigenvalue weighted by Gasteiger charge is -2.36. The highest BCUT2D eigenvalue weighted by Crippen LogP contribution is 2.24. The summed E-state index contributed by atoms with van der Waals surface area (Å²) in [6.45, 7) is 1.61. The van der Waals surface area contributed by atoms with E-state index in [0.717, 1.165) is 24.4 Å². The highest BCUT2D eigenvalue weighted by atomic mass is 16.2. The third kappa shape index (κ3) is 3.51. The summed E-state index contributed by atoms with van der Waals surface area (Å²) in [5.74, 6) is 0.741. The van der Waals surface area contributed by atoms with Gasteiger partial charge in [-0.15, -0.1) is 0 Å². The van der Waals surface area contributed by atoms with Crippen LogP contribution >= 0.6 is 0 Å². The van der Waals surface area contributed by atoms with Gasteiger partial charge >= 0.3 is 0 Å². The number of carbonyl (C=O) groups excluding carboxylic acids is 1. The van der Waals surface area contributed by atoms with Crippen molar-refractivity contribution in [1.82, 2.24) is 19.8 Å². The summed E-state index contributed by atoms with van der Waals surface area (Å²) in [5, 5.41) is 0. The van der Waals surface area contributed by atoms with Crippen molar-refractivity contribution < 1.29 is 4.79 Å². The minimum Gasteiger partial charge on any atom is -0.345 e. The summed E-state index contributed by atoms with van der Waals surface area (Å²) >= 11 is 0. The summed E-state index contributed by atoms with van der Waals surface area (Å²) in [5.41, 5.74) is 4.28. The molecule has 0 bridgehead atoms. The Morgan fingerprint density at radius 3 is 2.70 bits per heavy atom. The second-order valence-electron chi connectivity index (χ2n) is 7.21. The highest BCUT2D eigenvalue weighted by molar-refractivity contribution is 6.00. The molecule has 2 heterocycles. The van der Waals surface area contributed by atoms with Crippen LogP contribution in [0.3, 0.4) is 0 Å². The molecule has 3 aromatic rings. The molecule has 0 aliphatic carbocycles. The normalized spacial score (nSPS) is 16.7. The zero-order chi connectivity index (χ0) is 18.8. The molecule has 2 aromatic carbocycles. The van der Waals surface area contributed by atoms with E-state index in [-0.39, 0.29) is 5.91 Å². The van der Waals surface area contributed by atoms with Crippen LogP contribution in [0.15, 0.2) is 60.9 Å². The molecule has 0 saturated heterocycles. The molecule has 0 unspecified atom stereocenters. The standard InChI is InChI=1S/C22H24N4O/c1-25-14-17-8-4-3-7-16(17)13-18(25)15-26(2)22(27)20-10-6-5-9-19(20)21-23-11-12-24-21/h3-12,18H,13-15H2,1-2H3,(H,23,24)/t18-/m0/s1. The number of amides is 1. The van der Waals surface area contributed by atoms with E-state index in [1.165, 1.54) is 11.1 Å². The molecule has 27 heavy (non-hydrogen) atoms. The lowest BCUT2D eigenvalue weighted by atomic mass is 9.94. The quantitative estimate of drug-likeness (QED) is 0.777. The van der Waals surface area contributed by atoms with Crippen LogP contribution < -0.4 is 0 Å². The first-order valence-corrected chi connectivity index (χ1v) is 9.24. The van der Waals surface area contributed by atoms with Gasteiger partial charge in [0.1, 0.15) is 5.82 Å². The van der Waals surface area contributed by atoms with Crippen LogP contribution in [0.4, 0.5) is 0 Å². The maximum absolute atomic E-state index is 13.2. The molecule has 5 nitrogen and oxygen atoms in total. The molecule has 1 aromatic heterocycles. The Bertz CT molecular complexity index is 935. The van der Waals surface area contributed by atoms with Gasteiger partial charge in [-0.25, -0.2) is 4.98 Å². The van der Waals surface area contributed by atoms with Gasteiger partial charge < -0.3 is 9.88 Å². The second-order valence-corrected chi connectivity index (χ2v) is 7.21. The maximum atomic E-state index is 13.2. The monoisotopic (exact) mass is 360 g/mol. The molecule has 5 heteroatoms. The summed E-state index contributed by atoms with van der Waals surface area (Å²) in [7, 11) is 4.02. The van der Waals surface area contributed by atoms with E-state index in [4.69, 9.17) is 0 Å². The van der Waals surface area contributed by atoms with Gasteiger partial charge in [-0.2, -0.15) is 0 Å². The summed E-state index contributed by atoms with van der Waals surface area (Å²) in [4.78, 5) is 24.7. The first kappa shape index (κ1) is 17.5. The zero-order valence-corrected chi connectivity index (χ0v) is 15.7. The van der Waals surface area contributed by atoms with E-state index in [1.54, 1.807) is 12.4 Å². The van der Waals surface area contributed by atoms with Gasteiger partial charge in [0.05, 0.1) is 5.56 Å². The molecule has 0 saturated carbocycles. The fraction of sp³-hybridized carbons (Fsp3) is 0.273. The van der Waals surface area contributed by atoms with Gasteiger partial charge in [-0.05, 0) is 30.7 Å². The third-order valence-corrected chi connectivity index (χ3v) is 5.36. The minimum atomic E-state index is 0.0225. The molecule has 0 radical (unpaired) electrons. The summed E-state index contributed by atoms with van der Waals surface area (Å²) in [6, 6.07) is 16.5. The van der Waals surface area contributed by atoms with Crippen molar-refractivity contribution in [2.24, 2.45) is 0 Å². The van der Waals surface area contributed by atoms with Crippen molar-refractivity contribution in [2.45, 2.75) is 19.0 Å². The number of rotatable bonds is 4. The number of fused-ring (bicyclic) bond motifs is 1. The van der Waals surface area contributed by atoms with Crippen LogP contribution in [0.2, 0.25) is 0 Å². The molecule has 1 N–H and O–H groups in total. The summed E-state index contributed by atoms with van der Waals surface area (Å²) in [6.07, 6.45) is 4.44. The molecule has 0 fully saturated rings. The number of nitrogens with zero attached hydrogens (tertiary/aromatic N) is 3. The fourth-order valence-electron chi connectivity index (χ4n) is 3.82. The number of H-pyrrole nitrogens is 1. The predicted molar refractivity (Wildman–Crippen MR) is 106 cm³/mol. The Balaban J connectivity index is 1.53. The van der Waals surface area contributed by atoms with E-state index >= 15 is 0 Å². The van der Waals surface area contributed by atoms with E-state index in [1.807, 2.05) is 36.2 Å². The average Bonchev–Trinajstić information content (AvgIpc) is 3.22. The number of carbonyl (C=O) groups is 1. The van der Waals surface area contributed by atoms with Gasteiger partial charge in [0.25, 0.3) is 5.91 Å². The number of hydrogen-bond donors (Lipinski definition) is 1. The van der Waals surface area contributed by atoms with Gasteiger partial charge in [0, 0.05) is 44.1 Å². The van der Waals surface area contributed by atoms with Crippen LogP contribution in [-0.2, 0) is 13.0 Å². The number of nitrogens with one attached hydrogen (secondary N) is 1. The largest absolute Gasteiger partial charge is 0.345 e. The SMILES string of the molecule is CN(C[C@@H]1Cc2ccccc2CN1C)C(=O)c1ccccc1-c1ncc[nH]1. The van der Waals surface area contributed by atoms with Gasteiger partial charge in [-0.1, -0.05) is 42.5 Å². The van der Waals surface area contributed by atoms with Gasteiger partial charge in [-0.3, -0.25) is 9.69 Å². The van der Waals surface area contributed by atoms with E-state index < -0.39 is 0 Å². The Kier molecular flexibility index (Phi) is 4.77. The molecule has 1 aliphatic heterocycles. The van der Waals surface area contributed by atoms with Crippen LogP contribution in [0.1, 0.15) is 21.5 Å². The molecule has 1 atom stereocenters. The zero-order valence-electron chi connectivity index (χ0n) is 15.7. The van der Waals surface area contributed by atoms with Crippen LogP contribution in [0.25, 0.3) is 11.4 Å². The van der Waals surface area contributed by atoms with Crippen molar-refractivity contribution in [2.75, 3.05) is 20.6 Å². The first-order chi connectivity index (χ1) is 13.1. The van der Waals surface area contributed by atoms with Crippen molar-refractivity contribution in [3.8, 4) is 11.4 Å². The third-order valence-electron chi connectivity index (χ3n) is 5.36. The fourth-order valence-corrected chi connectivity index (χ4v) is 3.82. The van der Waals surface area contributed by atoms with E-state index in [9.17, 15) is 4.79 Å². The average molecular weight is 360 g/mol. The lowest BCUT2D eigenvalue weighted by Crippen LogP contribution is -2.46. The number of benzene rings is 2. The van der Waals surface area contributed by atoms with Gasteiger partial charge in [0.15, 0.2) is 0 Å². The van der Waals surface area contributed by atoms with Crippen molar-refractivity contribution >= 4 is 5.91 Å². The van der Waals surface area contributed by atoms with Crippen molar-refractivity contribution in [3.63, 3.8) is 0 Å². The molecule has 1 aliphatic rings. The second kappa shape index (κ2) is 7.37. The van der Waals surface area contributed by atoms with Crippen LogP contribution in [-0.4, -0.2) is 52.4 Å². The molecule has 1 amide bonds. The summed E-state index contributed by atoms with van der Waals surface area (Å²) < 4.78 is 0. The number of hydrogen-bond acceptors (Lipinski definition) is 3. The Labute approximate surface area is 159 Å². The van der Waals surface area contributed by atoms with E-state index in [2.05, 4.69) is 46.2 Å². The molecule has 138 valence electrons. The number of aromatic nitrogens is 2. The minimum absolute atomic E-state index is 0.0225. The number of aromatic amines is 1. The van der Waals surface area contributed by atoms with E-state index in [0.29, 0.717) is 18.2 Å². The number of likely N-dealkylation sites (N-methyl/N-ethyl adjacent to an activating group) is 2. The number of imidazole rings is 1. The van der Waals surface area contributed by atoms with Gasteiger partial charge in [0.2, 0.25) is 0 Å². The Morgan fingerprint density at radius 1 is 1.19 bits per heavy atom. The van der Waals surface area contributed by atoms with Crippen LogP contribution in [0.5, 0.6) is 0 Å². The Morgan fingerprint density at radius 2 is 1.93 bits per heavy atom. The van der Waals surface area contributed by atoms with Crippen LogP contribution in [0, 0.1) is 0 Å². The first-order valence-electron chi connectivity index (χ1n) is 9.24. The maximum Gasteiger partial charge on any atom is 0.254 e. The Hall–Kier alpha value is -2.92. The predicted octanol–water partition coefficient (Wildman–Crippen LogP) is 3.21. The topological polar surface area (TPSA) is 52.2 Å². The smallest absolute Gasteiger partial charge is 0.254 e. The van der Waals surface area contributed by atoms with Crippen molar-refractivity contribution in [1.29, 1.82) is 0 Å². The highest BCUT2D eigenvalue weighted by Gasteiger charge is 2.26. The molecular formula is C22H24N4O. The molecule has 0 spiro atoms. The lowest BCUT2D eigenvalue weighted by molar-refractivity contribution is 0.0734. The molecule has 4 rings (SSSR count). The van der Waals surface area contributed by atoms with Crippen molar-refractivity contribution in [3.05, 3.63) is 77.6 Å².